The predicted octanol–water partition coefficient (Wildman–Crippen LogP) is 24.4. The van der Waals surface area contributed by atoms with Gasteiger partial charge in [0.15, 0.2) is 12.2 Å². The molecule has 17 nitrogen and oxygen atoms in total. The molecule has 0 radical (unpaired) electrons. The lowest BCUT2D eigenvalue weighted by atomic mass is 9.99. The number of aliphatic hydroxyl groups excluding tert-OH is 1. The number of unbranched alkanes of at least 4 members (excludes halogenated alkanes) is 44. The van der Waals surface area contributed by atoms with Crippen LogP contribution in [0, 0.1) is 23.7 Å². The Labute approximate surface area is 619 Å². The van der Waals surface area contributed by atoms with E-state index >= 15 is 0 Å². The van der Waals surface area contributed by atoms with Gasteiger partial charge in [0.1, 0.15) is 19.3 Å². The van der Waals surface area contributed by atoms with Crippen molar-refractivity contribution >= 4 is 39.5 Å². The quantitative estimate of drug-likeness (QED) is 0.0222. The SMILES string of the molecule is CCC(C)CCCCCCCCCCCCCCCCC(=O)O[C@H](COC(=O)CCCCCCCCCCCCCCCCCC(C)C)COP(=O)(O)OC[C@@H](O)COP(=O)(O)OC[C@@H](COC(=O)CCCCCCCCC(C)C)OC(=O)CCCCCCCCCCCCCCCC(C)C. The van der Waals surface area contributed by atoms with Crippen LogP contribution >= 0.6 is 15.6 Å². The number of phosphoric acid groups is 2. The summed E-state index contributed by atoms with van der Waals surface area (Å²) in [6, 6.07) is 0. The summed E-state index contributed by atoms with van der Waals surface area (Å²) in [6.45, 7) is 14.3. The Morgan fingerprint density at radius 2 is 0.475 bits per heavy atom. The summed E-state index contributed by atoms with van der Waals surface area (Å²) in [7, 11) is -9.92. The highest BCUT2D eigenvalue weighted by Crippen LogP contribution is 2.45. The number of hydrogen-bond donors (Lipinski definition) is 3. The molecule has 0 amide bonds. The molecule has 19 heteroatoms. The zero-order valence-corrected chi connectivity index (χ0v) is 68.3. The molecule has 0 aromatic rings. The van der Waals surface area contributed by atoms with Crippen LogP contribution in [0.4, 0.5) is 0 Å². The molecule has 600 valence electrons. The Hall–Kier alpha value is -1.94. The molecule has 0 aromatic carbocycles. The van der Waals surface area contributed by atoms with Crippen LogP contribution in [0.3, 0.4) is 0 Å². The Balaban J connectivity index is 5.23. The fourth-order valence-electron chi connectivity index (χ4n) is 12.6. The number of carbonyl (C=O) groups is 4. The number of phosphoric ester groups is 2. The first-order valence-electron chi connectivity index (χ1n) is 42.2. The number of hydrogen-bond acceptors (Lipinski definition) is 15. The fourth-order valence-corrected chi connectivity index (χ4v) is 14.2. The number of ether oxygens (including phenoxy) is 4. The lowest BCUT2D eigenvalue weighted by Gasteiger charge is -2.21. The monoisotopic (exact) mass is 1480 g/mol. The lowest BCUT2D eigenvalue weighted by Crippen LogP contribution is -2.30. The topological polar surface area (TPSA) is 237 Å². The molecule has 0 spiro atoms. The molecule has 3 N–H and O–H groups in total. The van der Waals surface area contributed by atoms with E-state index in [1.165, 1.54) is 218 Å². The molecule has 0 heterocycles. The van der Waals surface area contributed by atoms with E-state index in [0.717, 1.165) is 114 Å². The number of aliphatic hydroxyl groups is 1. The van der Waals surface area contributed by atoms with E-state index < -0.39 is 97.5 Å². The van der Waals surface area contributed by atoms with Crippen molar-refractivity contribution in [3.05, 3.63) is 0 Å². The third-order valence-electron chi connectivity index (χ3n) is 19.4. The van der Waals surface area contributed by atoms with Crippen LogP contribution in [0.1, 0.15) is 421 Å². The molecule has 0 aliphatic heterocycles. The summed E-state index contributed by atoms with van der Waals surface area (Å²) < 4.78 is 68.7. The van der Waals surface area contributed by atoms with Crippen molar-refractivity contribution in [2.45, 2.75) is 440 Å². The van der Waals surface area contributed by atoms with Gasteiger partial charge in [-0.3, -0.25) is 37.3 Å². The van der Waals surface area contributed by atoms with Gasteiger partial charge in [-0.1, -0.05) is 370 Å². The Morgan fingerprint density at radius 1 is 0.277 bits per heavy atom. The number of carbonyl (C=O) groups excluding carboxylic acids is 4. The highest BCUT2D eigenvalue weighted by molar-refractivity contribution is 7.47. The van der Waals surface area contributed by atoms with E-state index in [1.54, 1.807) is 0 Å². The second-order valence-corrected chi connectivity index (χ2v) is 34.1. The van der Waals surface area contributed by atoms with E-state index in [2.05, 4.69) is 55.4 Å². The standard InChI is InChI=1S/C82H160O17P2/c1-9-75(8)61-53-45-36-30-24-18-13-14-20-26-32-38-48-56-64-81(86)98-77(68-92-79(84)62-54-46-37-31-25-19-12-10-11-16-22-28-34-42-50-58-72(2)3)70-96-100(88,89)94-66-76(83)67-95-101(90,91)97-71-78(69-93-80(85)63-55-47-41-40-44-52-60-74(6)7)99-82(87)65-57-49-39-33-27-21-15-17-23-29-35-43-51-59-73(4)5/h72-78,83H,9-71H2,1-8H3,(H,88,89)(H,90,91)/t75?,76-,77-,78-/m1/s1. The summed E-state index contributed by atoms with van der Waals surface area (Å²) in [6.07, 6.45) is 58.4. The molecule has 101 heavy (non-hydrogen) atoms. The molecular formula is C82H160O17P2. The van der Waals surface area contributed by atoms with Crippen molar-refractivity contribution in [3.8, 4) is 0 Å². The van der Waals surface area contributed by atoms with Crippen LogP contribution in [0.5, 0.6) is 0 Å². The van der Waals surface area contributed by atoms with Crippen LogP contribution in [0.25, 0.3) is 0 Å². The largest absolute Gasteiger partial charge is 0.472 e. The Bertz CT molecular complexity index is 1970. The van der Waals surface area contributed by atoms with Gasteiger partial charge in [0.05, 0.1) is 26.4 Å². The van der Waals surface area contributed by atoms with Crippen LogP contribution < -0.4 is 0 Å². The average Bonchev–Trinajstić information content (AvgIpc) is 0.920. The molecule has 0 bridgehead atoms. The van der Waals surface area contributed by atoms with Crippen molar-refractivity contribution < 1.29 is 80.2 Å². The van der Waals surface area contributed by atoms with E-state index in [4.69, 9.17) is 37.0 Å². The van der Waals surface area contributed by atoms with Gasteiger partial charge in [0, 0.05) is 25.7 Å². The molecule has 6 atom stereocenters. The second-order valence-electron chi connectivity index (χ2n) is 31.2. The Kier molecular flexibility index (Phi) is 69.6. The minimum Gasteiger partial charge on any atom is -0.462 e. The van der Waals surface area contributed by atoms with Crippen LogP contribution in [-0.2, 0) is 65.4 Å². The number of esters is 4. The van der Waals surface area contributed by atoms with Gasteiger partial charge in [-0.2, -0.15) is 0 Å². The smallest absolute Gasteiger partial charge is 0.462 e. The van der Waals surface area contributed by atoms with Gasteiger partial charge < -0.3 is 33.8 Å². The minimum atomic E-state index is -4.96. The molecule has 0 aromatic heterocycles. The first kappa shape index (κ1) is 99.1. The van der Waals surface area contributed by atoms with Gasteiger partial charge in [-0.05, 0) is 49.4 Å². The zero-order valence-electron chi connectivity index (χ0n) is 66.5. The Morgan fingerprint density at radius 3 is 0.703 bits per heavy atom. The first-order valence-corrected chi connectivity index (χ1v) is 45.2. The highest BCUT2D eigenvalue weighted by Gasteiger charge is 2.30. The first-order chi connectivity index (χ1) is 48.6. The van der Waals surface area contributed by atoms with Gasteiger partial charge >= 0.3 is 39.5 Å². The van der Waals surface area contributed by atoms with Gasteiger partial charge in [0.2, 0.25) is 0 Å². The van der Waals surface area contributed by atoms with Crippen molar-refractivity contribution in [2.75, 3.05) is 39.6 Å². The third kappa shape index (κ3) is 74.7. The maximum Gasteiger partial charge on any atom is 0.472 e. The van der Waals surface area contributed by atoms with Crippen LogP contribution in [0.2, 0.25) is 0 Å². The van der Waals surface area contributed by atoms with Gasteiger partial charge in [0.25, 0.3) is 0 Å². The van der Waals surface area contributed by atoms with Crippen molar-refractivity contribution in [2.24, 2.45) is 23.7 Å². The fraction of sp³-hybridized carbons (Fsp3) is 0.951. The van der Waals surface area contributed by atoms with Crippen LogP contribution in [0.15, 0.2) is 0 Å². The summed E-state index contributed by atoms with van der Waals surface area (Å²) in [5, 5.41) is 10.6. The maximum atomic E-state index is 13.1. The summed E-state index contributed by atoms with van der Waals surface area (Å²) in [4.78, 5) is 73.0. The lowest BCUT2D eigenvalue weighted by molar-refractivity contribution is -0.161. The molecule has 3 unspecified atom stereocenters. The van der Waals surface area contributed by atoms with Crippen molar-refractivity contribution in [1.29, 1.82) is 0 Å². The zero-order chi connectivity index (χ0) is 74.6. The molecule has 0 saturated carbocycles. The molecule has 0 aliphatic carbocycles. The van der Waals surface area contributed by atoms with Crippen molar-refractivity contribution in [3.63, 3.8) is 0 Å². The van der Waals surface area contributed by atoms with E-state index in [-0.39, 0.29) is 25.7 Å². The predicted molar refractivity (Wildman–Crippen MR) is 414 cm³/mol. The second kappa shape index (κ2) is 71.0. The average molecular weight is 1480 g/mol. The summed E-state index contributed by atoms with van der Waals surface area (Å²) >= 11 is 0. The van der Waals surface area contributed by atoms with Gasteiger partial charge in [-0.15, -0.1) is 0 Å². The summed E-state index contributed by atoms with van der Waals surface area (Å²) in [5.74, 6) is 1.00. The number of rotatable bonds is 79. The highest BCUT2D eigenvalue weighted by atomic mass is 31.2. The van der Waals surface area contributed by atoms with Crippen molar-refractivity contribution in [1.82, 2.24) is 0 Å². The minimum absolute atomic E-state index is 0.106. The van der Waals surface area contributed by atoms with E-state index in [0.29, 0.717) is 31.6 Å². The van der Waals surface area contributed by atoms with Crippen LogP contribution in [-0.4, -0.2) is 96.7 Å². The van der Waals surface area contributed by atoms with Gasteiger partial charge in [-0.25, -0.2) is 9.13 Å². The normalized spacial score (nSPS) is 14.3. The maximum absolute atomic E-state index is 13.1. The molecular weight excluding hydrogens is 1320 g/mol. The summed E-state index contributed by atoms with van der Waals surface area (Å²) in [5.41, 5.74) is 0. The molecule has 0 saturated heterocycles. The third-order valence-corrected chi connectivity index (χ3v) is 21.3. The molecule has 0 aliphatic rings. The van der Waals surface area contributed by atoms with E-state index in [9.17, 15) is 43.2 Å². The van der Waals surface area contributed by atoms with E-state index in [1.807, 2.05) is 0 Å². The molecule has 0 rings (SSSR count). The molecule has 0 fully saturated rings.